The molecule has 0 fully saturated rings. The van der Waals surface area contributed by atoms with E-state index in [9.17, 15) is 4.79 Å². The van der Waals surface area contributed by atoms with Crippen molar-refractivity contribution in [2.24, 2.45) is 0 Å². The van der Waals surface area contributed by atoms with Crippen molar-refractivity contribution in [1.29, 1.82) is 0 Å². The molecule has 1 aromatic heterocycles. The van der Waals surface area contributed by atoms with E-state index in [4.69, 9.17) is 27.9 Å². The molecule has 0 saturated carbocycles. The number of amides is 1. The first-order valence-electron chi connectivity index (χ1n) is 5.76. The molecule has 0 aliphatic rings. The topological polar surface area (TPSA) is 51.2 Å². The van der Waals surface area contributed by atoms with Crippen LogP contribution in [0.15, 0.2) is 24.4 Å². The summed E-state index contributed by atoms with van der Waals surface area (Å²) in [6.45, 7) is 0.00896. The summed E-state index contributed by atoms with van der Waals surface area (Å²) in [5.41, 5.74) is 0.928. The lowest BCUT2D eigenvalue weighted by Crippen LogP contribution is -2.16. The highest BCUT2D eigenvalue weighted by Crippen LogP contribution is 2.29. The van der Waals surface area contributed by atoms with Crippen molar-refractivity contribution in [3.8, 4) is 0 Å². The van der Waals surface area contributed by atoms with E-state index in [2.05, 4.69) is 10.3 Å². The van der Waals surface area contributed by atoms with Gasteiger partial charge in [-0.2, -0.15) is 0 Å². The van der Waals surface area contributed by atoms with Crippen LogP contribution in [0.4, 0.5) is 5.13 Å². The molecule has 1 heterocycles. The number of carbonyl (C=O) groups excluding carboxylic acids is 1. The molecule has 0 radical (unpaired) electrons. The number of aromatic nitrogens is 1. The molecule has 0 saturated heterocycles. The number of halogens is 2. The van der Waals surface area contributed by atoms with Gasteiger partial charge in [0.25, 0.3) is 5.91 Å². The molecular formula is C13H12Cl2N2O2S. The van der Waals surface area contributed by atoms with Gasteiger partial charge in [-0.3, -0.25) is 10.1 Å². The standard InChI is InChI=1S/C13H12Cl2N2O2S/c1-19-7-11(18)17-13-16-6-9(20-13)5-8-3-2-4-10(14)12(8)15/h2-4,6H,5,7H2,1H3,(H,16,17,18). The Morgan fingerprint density at radius 1 is 1.45 bits per heavy atom. The highest BCUT2D eigenvalue weighted by Gasteiger charge is 2.09. The summed E-state index contributed by atoms with van der Waals surface area (Å²) in [7, 11) is 1.47. The number of methoxy groups -OCH3 is 1. The van der Waals surface area contributed by atoms with Gasteiger partial charge in [-0.1, -0.05) is 35.3 Å². The van der Waals surface area contributed by atoms with Gasteiger partial charge in [-0.25, -0.2) is 4.98 Å². The molecule has 0 aliphatic carbocycles. The van der Waals surface area contributed by atoms with E-state index in [1.54, 1.807) is 12.3 Å². The maximum atomic E-state index is 11.4. The van der Waals surface area contributed by atoms with E-state index >= 15 is 0 Å². The summed E-state index contributed by atoms with van der Waals surface area (Å²) in [4.78, 5) is 16.5. The molecule has 7 heteroatoms. The highest BCUT2D eigenvalue weighted by atomic mass is 35.5. The maximum Gasteiger partial charge on any atom is 0.252 e. The minimum absolute atomic E-state index is 0.00896. The van der Waals surface area contributed by atoms with Gasteiger partial charge in [-0.15, -0.1) is 11.3 Å². The van der Waals surface area contributed by atoms with Gasteiger partial charge in [0.05, 0.1) is 10.0 Å². The summed E-state index contributed by atoms with van der Waals surface area (Å²) in [6.07, 6.45) is 2.33. The van der Waals surface area contributed by atoms with Gasteiger partial charge in [-0.05, 0) is 11.6 Å². The monoisotopic (exact) mass is 330 g/mol. The number of hydrogen-bond acceptors (Lipinski definition) is 4. The molecule has 4 nitrogen and oxygen atoms in total. The van der Waals surface area contributed by atoms with Gasteiger partial charge >= 0.3 is 0 Å². The molecule has 1 N–H and O–H groups in total. The third-order valence-corrected chi connectivity index (χ3v) is 4.24. The molecule has 0 atom stereocenters. The zero-order valence-electron chi connectivity index (χ0n) is 10.7. The van der Waals surface area contributed by atoms with Crippen LogP contribution in [-0.2, 0) is 16.0 Å². The minimum Gasteiger partial charge on any atom is -0.375 e. The largest absolute Gasteiger partial charge is 0.375 e. The van der Waals surface area contributed by atoms with Crippen LogP contribution in [0, 0.1) is 0 Å². The molecule has 0 aliphatic heterocycles. The van der Waals surface area contributed by atoms with Crippen LogP contribution in [-0.4, -0.2) is 24.6 Å². The Morgan fingerprint density at radius 2 is 2.25 bits per heavy atom. The van der Waals surface area contributed by atoms with Crippen molar-refractivity contribution < 1.29 is 9.53 Å². The Morgan fingerprint density at radius 3 is 3.00 bits per heavy atom. The van der Waals surface area contributed by atoms with Gasteiger partial charge < -0.3 is 4.74 Å². The highest BCUT2D eigenvalue weighted by molar-refractivity contribution is 7.15. The van der Waals surface area contributed by atoms with Crippen LogP contribution in [0.1, 0.15) is 10.4 Å². The van der Waals surface area contributed by atoms with E-state index < -0.39 is 0 Å². The molecule has 0 bridgehead atoms. The second-order valence-corrected chi connectivity index (χ2v) is 5.90. The summed E-state index contributed by atoms with van der Waals surface area (Å²) >= 11 is 13.5. The van der Waals surface area contributed by atoms with E-state index in [1.165, 1.54) is 18.4 Å². The average Bonchev–Trinajstić information content (AvgIpc) is 2.82. The smallest absolute Gasteiger partial charge is 0.252 e. The predicted octanol–water partition coefficient (Wildman–Crippen LogP) is 3.63. The number of hydrogen-bond donors (Lipinski definition) is 1. The third kappa shape index (κ3) is 3.93. The molecule has 0 spiro atoms. The lowest BCUT2D eigenvalue weighted by Gasteiger charge is -2.03. The van der Waals surface area contributed by atoms with E-state index in [0.29, 0.717) is 21.6 Å². The van der Waals surface area contributed by atoms with E-state index in [0.717, 1.165) is 10.4 Å². The quantitative estimate of drug-likeness (QED) is 0.910. The zero-order chi connectivity index (χ0) is 14.5. The fourth-order valence-corrected chi connectivity index (χ4v) is 2.84. The number of nitrogens with zero attached hydrogens (tertiary/aromatic N) is 1. The van der Waals surface area contributed by atoms with Crippen LogP contribution >= 0.6 is 34.5 Å². The van der Waals surface area contributed by atoms with Crippen LogP contribution in [0.5, 0.6) is 0 Å². The van der Waals surface area contributed by atoms with Crippen molar-refractivity contribution in [2.75, 3.05) is 19.0 Å². The summed E-state index contributed by atoms with van der Waals surface area (Å²) < 4.78 is 4.74. The van der Waals surface area contributed by atoms with E-state index in [-0.39, 0.29) is 12.5 Å². The van der Waals surface area contributed by atoms with Gasteiger partial charge in [0.15, 0.2) is 5.13 Å². The normalized spacial score (nSPS) is 10.6. The number of nitrogens with one attached hydrogen (secondary N) is 1. The van der Waals surface area contributed by atoms with Crippen molar-refractivity contribution in [2.45, 2.75) is 6.42 Å². The molecular weight excluding hydrogens is 319 g/mol. The summed E-state index contributed by atoms with van der Waals surface area (Å²) in [5, 5.41) is 4.28. The third-order valence-electron chi connectivity index (χ3n) is 2.47. The Labute approximate surface area is 130 Å². The van der Waals surface area contributed by atoms with Crippen LogP contribution in [0.2, 0.25) is 10.0 Å². The summed E-state index contributed by atoms with van der Waals surface area (Å²) in [5.74, 6) is -0.228. The second kappa shape index (κ2) is 7.04. The van der Waals surface area contributed by atoms with Crippen LogP contribution < -0.4 is 5.32 Å². The van der Waals surface area contributed by atoms with E-state index in [1.807, 2.05) is 12.1 Å². The maximum absolute atomic E-state index is 11.4. The number of benzene rings is 1. The molecule has 1 aromatic carbocycles. The number of ether oxygens (including phenoxy) is 1. The fourth-order valence-electron chi connectivity index (χ4n) is 1.61. The van der Waals surface area contributed by atoms with Crippen molar-refractivity contribution in [3.05, 3.63) is 44.9 Å². The lowest BCUT2D eigenvalue weighted by molar-refractivity contribution is -0.119. The van der Waals surface area contributed by atoms with Gasteiger partial charge in [0, 0.05) is 24.6 Å². The van der Waals surface area contributed by atoms with Crippen molar-refractivity contribution >= 4 is 45.6 Å². The number of thiazole rings is 1. The van der Waals surface area contributed by atoms with Gasteiger partial charge in [0.1, 0.15) is 6.61 Å². The minimum atomic E-state index is -0.228. The molecule has 20 heavy (non-hydrogen) atoms. The summed E-state index contributed by atoms with van der Waals surface area (Å²) in [6, 6.07) is 5.51. The van der Waals surface area contributed by atoms with Crippen molar-refractivity contribution in [3.63, 3.8) is 0 Å². The lowest BCUT2D eigenvalue weighted by atomic mass is 10.1. The molecule has 0 unspecified atom stereocenters. The molecule has 2 aromatic rings. The number of carbonyl (C=O) groups is 1. The predicted molar refractivity (Wildman–Crippen MR) is 81.9 cm³/mol. The first-order chi connectivity index (χ1) is 9.60. The molecule has 1 amide bonds. The zero-order valence-corrected chi connectivity index (χ0v) is 13.0. The molecule has 106 valence electrons. The molecule has 2 rings (SSSR count). The first kappa shape index (κ1) is 15.3. The Bertz CT molecular complexity index is 616. The number of rotatable bonds is 5. The Balaban J connectivity index is 2.06. The number of anilines is 1. The van der Waals surface area contributed by atoms with Gasteiger partial charge in [0.2, 0.25) is 0 Å². The Hall–Kier alpha value is -1.14. The Kier molecular flexibility index (Phi) is 5.37. The fraction of sp³-hybridized carbons (Fsp3) is 0.231. The average molecular weight is 331 g/mol. The van der Waals surface area contributed by atoms with Crippen molar-refractivity contribution in [1.82, 2.24) is 4.98 Å². The van der Waals surface area contributed by atoms with Crippen LogP contribution in [0.3, 0.4) is 0 Å². The first-order valence-corrected chi connectivity index (χ1v) is 7.33. The van der Waals surface area contributed by atoms with Crippen LogP contribution in [0.25, 0.3) is 0 Å². The second-order valence-electron chi connectivity index (χ2n) is 4.00. The SMILES string of the molecule is COCC(=O)Nc1ncc(Cc2cccc(Cl)c2Cl)s1.